The zero-order valence-electron chi connectivity index (χ0n) is 8.49. The average molecular weight is 183 g/mol. The SMILES string of the molecule is CC1=CC2C(=C1)c1ccccc1N2C. The van der Waals surface area contributed by atoms with Crippen LogP contribution in [0.15, 0.2) is 42.0 Å². The van der Waals surface area contributed by atoms with Crippen LogP contribution in [0.4, 0.5) is 5.69 Å². The smallest absolute Gasteiger partial charge is 0.0735 e. The summed E-state index contributed by atoms with van der Waals surface area (Å²) in [6, 6.07) is 9.10. The van der Waals surface area contributed by atoms with Crippen molar-refractivity contribution in [1.29, 1.82) is 0 Å². The van der Waals surface area contributed by atoms with Crippen LogP contribution in [-0.2, 0) is 0 Å². The van der Waals surface area contributed by atoms with Gasteiger partial charge >= 0.3 is 0 Å². The molecule has 0 amide bonds. The number of fused-ring (bicyclic) bond motifs is 3. The number of rotatable bonds is 0. The van der Waals surface area contributed by atoms with E-state index in [1.54, 1.807) is 0 Å². The fourth-order valence-electron chi connectivity index (χ4n) is 2.45. The number of benzene rings is 1. The zero-order chi connectivity index (χ0) is 9.71. The molecule has 0 N–H and O–H groups in total. The van der Waals surface area contributed by atoms with E-state index in [1.165, 1.54) is 22.4 Å². The number of likely N-dealkylation sites (N-methyl/N-ethyl adjacent to an activating group) is 1. The topological polar surface area (TPSA) is 3.24 Å². The van der Waals surface area contributed by atoms with E-state index in [1.807, 2.05) is 0 Å². The Bertz CT molecular complexity index is 454. The predicted octanol–water partition coefficient (Wildman–Crippen LogP) is 2.85. The van der Waals surface area contributed by atoms with E-state index < -0.39 is 0 Å². The highest BCUT2D eigenvalue weighted by atomic mass is 15.2. The summed E-state index contributed by atoms with van der Waals surface area (Å²) in [7, 11) is 2.17. The van der Waals surface area contributed by atoms with Crippen LogP contribution in [-0.4, -0.2) is 13.1 Å². The van der Waals surface area contributed by atoms with Crippen molar-refractivity contribution in [2.24, 2.45) is 0 Å². The maximum atomic E-state index is 2.34. The minimum atomic E-state index is 0.479. The highest BCUT2D eigenvalue weighted by Gasteiger charge is 2.31. The number of anilines is 1. The van der Waals surface area contributed by atoms with Gasteiger partial charge in [0.1, 0.15) is 0 Å². The van der Waals surface area contributed by atoms with Crippen molar-refractivity contribution < 1.29 is 0 Å². The quantitative estimate of drug-likeness (QED) is 0.597. The summed E-state index contributed by atoms with van der Waals surface area (Å²) >= 11 is 0. The third-order valence-electron chi connectivity index (χ3n) is 3.13. The first kappa shape index (κ1) is 7.86. The first-order valence-electron chi connectivity index (χ1n) is 4.99. The lowest BCUT2D eigenvalue weighted by Gasteiger charge is -2.18. The molecule has 70 valence electrons. The number of allylic oxidation sites excluding steroid dienone is 2. The van der Waals surface area contributed by atoms with E-state index in [9.17, 15) is 0 Å². The molecule has 0 radical (unpaired) electrons. The normalized spacial score (nSPS) is 23.0. The summed E-state index contributed by atoms with van der Waals surface area (Å²) in [6.45, 7) is 2.17. The van der Waals surface area contributed by atoms with Crippen LogP contribution in [0.5, 0.6) is 0 Å². The molecule has 14 heavy (non-hydrogen) atoms. The molecule has 1 aliphatic heterocycles. The highest BCUT2D eigenvalue weighted by Crippen LogP contribution is 2.43. The molecular formula is C13H13N. The maximum absolute atomic E-state index is 2.34. The second-order valence-electron chi connectivity index (χ2n) is 4.08. The second-order valence-corrected chi connectivity index (χ2v) is 4.08. The summed E-state index contributed by atoms with van der Waals surface area (Å²) in [6.07, 6.45) is 4.63. The molecule has 1 nitrogen and oxygen atoms in total. The van der Waals surface area contributed by atoms with Gasteiger partial charge in [0, 0.05) is 18.3 Å². The Morgan fingerprint density at radius 2 is 2.00 bits per heavy atom. The number of hydrogen-bond acceptors (Lipinski definition) is 1. The van der Waals surface area contributed by atoms with Gasteiger partial charge in [-0.2, -0.15) is 0 Å². The van der Waals surface area contributed by atoms with Crippen molar-refractivity contribution in [2.75, 3.05) is 11.9 Å². The Labute approximate surface area is 84.4 Å². The molecule has 1 heterocycles. The van der Waals surface area contributed by atoms with Crippen molar-refractivity contribution >= 4 is 11.3 Å². The maximum Gasteiger partial charge on any atom is 0.0735 e. The van der Waals surface area contributed by atoms with Crippen molar-refractivity contribution in [2.45, 2.75) is 13.0 Å². The average Bonchev–Trinajstić information content (AvgIpc) is 2.68. The predicted molar refractivity (Wildman–Crippen MR) is 60.4 cm³/mol. The van der Waals surface area contributed by atoms with Crippen molar-refractivity contribution in [3.63, 3.8) is 0 Å². The van der Waals surface area contributed by atoms with Crippen molar-refractivity contribution in [3.8, 4) is 0 Å². The Morgan fingerprint density at radius 1 is 1.21 bits per heavy atom. The molecule has 1 aromatic rings. The van der Waals surface area contributed by atoms with Crippen LogP contribution in [0.1, 0.15) is 12.5 Å². The molecular weight excluding hydrogens is 170 g/mol. The van der Waals surface area contributed by atoms with E-state index in [2.05, 4.69) is 55.3 Å². The third-order valence-corrected chi connectivity index (χ3v) is 3.13. The highest BCUT2D eigenvalue weighted by molar-refractivity contribution is 5.92. The molecule has 1 heteroatoms. The van der Waals surface area contributed by atoms with E-state index in [0.29, 0.717) is 6.04 Å². The molecule has 1 aliphatic carbocycles. The van der Waals surface area contributed by atoms with E-state index in [-0.39, 0.29) is 0 Å². The second kappa shape index (κ2) is 2.50. The fourth-order valence-corrected chi connectivity index (χ4v) is 2.45. The molecule has 0 spiro atoms. The number of nitrogens with zero attached hydrogens (tertiary/aromatic N) is 1. The van der Waals surface area contributed by atoms with Gasteiger partial charge in [-0.25, -0.2) is 0 Å². The molecule has 1 unspecified atom stereocenters. The Hall–Kier alpha value is -1.50. The van der Waals surface area contributed by atoms with E-state index in [4.69, 9.17) is 0 Å². The molecule has 0 saturated heterocycles. The van der Waals surface area contributed by atoms with Gasteiger partial charge in [0.15, 0.2) is 0 Å². The number of hydrogen-bond donors (Lipinski definition) is 0. The summed E-state index contributed by atoms with van der Waals surface area (Å²) in [4.78, 5) is 2.34. The van der Waals surface area contributed by atoms with Crippen LogP contribution in [0.3, 0.4) is 0 Å². The molecule has 0 bridgehead atoms. The monoisotopic (exact) mass is 183 g/mol. The lowest BCUT2D eigenvalue weighted by atomic mass is 10.1. The standard InChI is InChI=1S/C13H13N/c1-9-7-11-10-5-3-4-6-12(10)14(2)13(11)8-9/h3-8,13H,1-2H3. The lowest BCUT2D eigenvalue weighted by molar-refractivity contribution is 0.952. The molecule has 1 aromatic carbocycles. The van der Waals surface area contributed by atoms with Crippen LogP contribution in [0.25, 0.3) is 5.57 Å². The Balaban J connectivity index is 2.22. The molecule has 3 rings (SSSR count). The summed E-state index contributed by atoms with van der Waals surface area (Å²) in [5.41, 5.74) is 5.59. The lowest BCUT2D eigenvalue weighted by Crippen LogP contribution is -2.23. The molecule has 0 aromatic heterocycles. The van der Waals surface area contributed by atoms with Crippen molar-refractivity contribution in [1.82, 2.24) is 0 Å². The first-order chi connectivity index (χ1) is 6.77. The van der Waals surface area contributed by atoms with Crippen LogP contribution >= 0.6 is 0 Å². The van der Waals surface area contributed by atoms with Gasteiger partial charge in [-0.3, -0.25) is 0 Å². The van der Waals surface area contributed by atoms with E-state index >= 15 is 0 Å². The van der Waals surface area contributed by atoms with E-state index in [0.717, 1.165) is 0 Å². The summed E-state index contributed by atoms with van der Waals surface area (Å²) in [5.74, 6) is 0. The van der Waals surface area contributed by atoms with Crippen LogP contribution < -0.4 is 4.90 Å². The van der Waals surface area contributed by atoms with Gasteiger partial charge in [0.2, 0.25) is 0 Å². The van der Waals surface area contributed by atoms with Crippen molar-refractivity contribution in [3.05, 3.63) is 47.6 Å². The zero-order valence-corrected chi connectivity index (χ0v) is 8.49. The van der Waals surface area contributed by atoms with Gasteiger partial charge in [-0.05, 0) is 18.6 Å². The molecule has 1 atom stereocenters. The number of para-hydroxylation sites is 1. The molecule has 2 aliphatic rings. The fraction of sp³-hybridized carbons (Fsp3) is 0.231. The van der Waals surface area contributed by atoms with Crippen LogP contribution in [0.2, 0.25) is 0 Å². The summed E-state index contributed by atoms with van der Waals surface area (Å²) < 4.78 is 0. The van der Waals surface area contributed by atoms with Gasteiger partial charge < -0.3 is 4.90 Å². The Kier molecular flexibility index (Phi) is 1.41. The van der Waals surface area contributed by atoms with Gasteiger partial charge in [0.05, 0.1) is 6.04 Å². The van der Waals surface area contributed by atoms with Gasteiger partial charge in [-0.1, -0.05) is 35.9 Å². The molecule has 0 saturated carbocycles. The first-order valence-corrected chi connectivity index (χ1v) is 4.99. The minimum absolute atomic E-state index is 0.479. The largest absolute Gasteiger partial charge is 0.364 e. The Morgan fingerprint density at radius 3 is 2.86 bits per heavy atom. The summed E-state index contributed by atoms with van der Waals surface area (Å²) in [5, 5.41) is 0. The molecule has 0 fully saturated rings. The van der Waals surface area contributed by atoms with Gasteiger partial charge in [-0.15, -0.1) is 0 Å². The van der Waals surface area contributed by atoms with Gasteiger partial charge in [0.25, 0.3) is 0 Å². The third kappa shape index (κ3) is 0.844. The van der Waals surface area contributed by atoms with Crippen LogP contribution in [0, 0.1) is 0 Å². The minimum Gasteiger partial charge on any atom is -0.364 e.